The maximum atomic E-state index is 13.6. The fourth-order valence-corrected chi connectivity index (χ4v) is 4.47. The molecule has 0 bridgehead atoms. The van der Waals surface area contributed by atoms with Crippen LogP contribution >= 0.6 is 7.82 Å². The SMILES string of the molecule is CC(=O)O[C@@H]1[C@@H](OP(=O)(OCc2ccccc2)OCc2ccccc2)O[C@H](CF)[C@H]1OC(C)=O. The summed E-state index contributed by atoms with van der Waals surface area (Å²) in [6.45, 7) is 0.901. The van der Waals surface area contributed by atoms with Crippen LogP contribution in [0.3, 0.4) is 0 Å². The number of phosphoric ester groups is 1. The highest BCUT2D eigenvalue weighted by Crippen LogP contribution is 2.54. The van der Waals surface area contributed by atoms with Crippen molar-refractivity contribution >= 4 is 19.8 Å². The molecule has 1 saturated heterocycles. The summed E-state index contributed by atoms with van der Waals surface area (Å²) in [4.78, 5) is 23.2. The van der Waals surface area contributed by atoms with Gasteiger partial charge in [-0.15, -0.1) is 0 Å². The van der Waals surface area contributed by atoms with Crippen molar-refractivity contribution in [1.82, 2.24) is 0 Å². The van der Waals surface area contributed by atoms with Gasteiger partial charge in [0.25, 0.3) is 0 Å². The van der Waals surface area contributed by atoms with E-state index in [9.17, 15) is 18.5 Å². The van der Waals surface area contributed by atoms with Crippen LogP contribution in [0.2, 0.25) is 0 Å². The zero-order valence-corrected chi connectivity index (χ0v) is 19.6. The van der Waals surface area contributed by atoms with Crippen LogP contribution in [0.4, 0.5) is 4.39 Å². The maximum absolute atomic E-state index is 13.6. The topological polar surface area (TPSA) is 107 Å². The quantitative estimate of drug-likeness (QED) is 0.336. The molecule has 1 fully saturated rings. The maximum Gasteiger partial charge on any atom is 0.477 e. The van der Waals surface area contributed by atoms with Crippen LogP contribution < -0.4 is 0 Å². The highest BCUT2D eigenvalue weighted by Gasteiger charge is 2.53. The van der Waals surface area contributed by atoms with Crippen molar-refractivity contribution in [2.75, 3.05) is 6.67 Å². The Hall–Kier alpha value is -2.62. The number of ether oxygens (including phenoxy) is 3. The molecule has 1 aliphatic rings. The summed E-state index contributed by atoms with van der Waals surface area (Å²) in [7, 11) is -4.36. The average molecular weight is 496 g/mol. The Morgan fingerprint density at radius 1 is 0.853 bits per heavy atom. The molecule has 0 aromatic heterocycles. The summed E-state index contributed by atoms with van der Waals surface area (Å²) in [6, 6.07) is 17.8. The molecule has 0 aliphatic carbocycles. The van der Waals surface area contributed by atoms with E-state index in [4.69, 9.17) is 27.8 Å². The number of rotatable bonds is 11. The predicted octanol–water partition coefficient (Wildman–Crippen LogP) is 4.10. The number of phosphoric acid groups is 1. The van der Waals surface area contributed by atoms with Crippen LogP contribution in [0.15, 0.2) is 60.7 Å². The van der Waals surface area contributed by atoms with Gasteiger partial charge in [0.05, 0.1) is 13.2 Å². The third-order valence-electron chi connectivity index (χ3n) is 4.72. The molecule has 0 radical (unpaired) electrons. The first-order valence-corrected chi connectivity index (χ1v) is 12.0. The molecule has 0 N–H and O–H groups in total. The number of carbonyl (C=O) groups excluding carboxylic acids is 2. The van der Waals surface area contributed by atoms with Crippen molar-refractivity contribution in [2.45, 2.75) is 51.7 Å². The van der Waals surface area contributed by atoms with Crippen LogP contribution in [0.1, 0.15) is 25.0 Å². The molecule has 3 rings (SSSR count). The Morgan fingerprint density at radius 2 is 1.32 bits per heavy atom. The summed E-state index contributed by atoms with van der Waals surface area (Å²) in [6.07, 6.45) is -5.59. The molecule has 2 aromatic rings. The number of hydrogen-bond donors (Lipinski definition) is 0. The Bertz CT molecular complexity index is 941. The third kappa shape index (κ3) is 7.44. The van der Waals surface area contributed by atoms with E-state index < -0.39 is 51.0 Å². The molecule has 34 heavy (non-hydrogen) atoms. The fraction of sp³-hybridized carbons (Fsp3) is 0.391. The highest BCUT2D eigenvalue weighted by molar-refractivity contribution is 7.48. The molecule has 184 valence electrons. The van der Waals surface area contributed by atoms with Gasteiger partial charge in [-0.1, -0.05) is 60.7 Å². The third-order valence-corrected chi connectivity index (χ3v) is 6.08. The van der Waals surface area contributed by atoms with E-state index in [-0.39, 0.29) is 13.2 Å². The molecule has 0 amide bonds. The minimum atomic E-state index is -4.36. The van der Waals surface area contributed by atoms with E-state index in [1.165, 1.54) is 0 Å². The van der Waals surface area contributed by atoms with Crippen molar-refractivity contribution < 1.29 is 46.3 Å². The van der Waals surface area contributed by atoms with Crippen molar-refractivity contribution in [1.29, 1.82) is 0 Å². The number of benzene rings is 2. The zero-order valence-electron chi connectivity index (χ0n) is 18.7. The molecule has 1 heterocycles. The Labute approximate surface area is 196 Å². The van der Waals surface area contributed by atoms with Gasteiger partial charge in [-0.2, -0.15) is 0 Å². The van der Waals surface area contributed by atoms with Gasteiger partial charge < -0.3 is 14.2 Å². The number of halogens is 1. The number of alkyl halides is 1. The van der Waals surface area contributed by atoms with Crippen LogP contribution in [-0.2, 0) is 55.1 Å². The predicted molar refractivity (Wildman–Crippen MR) is 117 cm³/mol. The summed E-state index contributed by atoms with van der Waals surface area (Å²) >= 11 is 0. The van der Waals surface area contributed by atoms with Crippen molar-refractivity contribution in [3.05, 3.63) is 71.8 Å². The Balaban J connectivity index is 1.82. The van der Waals surface area contributed by atoms with Gasteiger partial charge in [0.1, 0.15) is 12.8 Å². The molecule has 0 spiro atoms. The molecule has 0 unspecified atom stereocenters. The Kier molecular flexibility index (Phi) is 9.32. The molecular formula is C23H26FO9P. The van der Waals surface area contributed by atoms with Crippen molar-refractivity contribution in [3.63, 3.8) is 0 Å². The average Bonchev–Trinajstić information content (AvgIpc) is 3.12. The summed E-state index contributed by atoms with van der Waals surface area (Å²) in [5.41, 5.74) is 1.39. The lowest BCUT2D eigenvalue weighted by Gasteiger charge is -2.25. The normalized spacial score (nSPS) is 22.3. The molecule has 11 heteroatoms. The largest absolute Gasteiger partial charge is 0.477 e. The van der Waals surface area contributed by atoms with Crippen LogP contribution in [0.25, 0.3) is 0 Å². The van der Waals surface area contributed by atoms with E-state index in [0.717, 1.165) is 13.8 Å². The monoisotopic (exact) mass is 496 g/mol. The van der Waals surface area contributed by atoms with Crippen LogP contribution in [-0.4, -0.2) is 43.2 Å². The van der Waals surface area contributed by atoms with Crippen LogP contribution in [0.5, 0.6) is 0 Å². The second kappa shape index (κ2) is 12.2. The van der Waals surface area contributed by atoms with Gasteiger partial charge in [-0.05, 0) is 11.1 Å². The van der Waals surface area contributed by atoms with Gasteiger partial charge in [-0.3, -0.25) is 23.2 Å². The summed E-state index contributed by atoms with van der Waals surface area (Å²) in [5.74, 6) is -1.50. The lowest BCUT2D eigenvalue weighted by molar-refractivity contribution is -0.173. The molecule has 0 saturated carbocycles. The van der Waals surface area contributed by atoms with Gasteiger partial charge in [0.15, 0.2) is 12.2 Å². The first kappa shape index (κ1) is 26.0. The van der Waals surface area contributed by atoms with E-state index >= 15 is 0 Å². The lowest BCUT2D eigenvalue weighted by Crippen LogP contribution is -2.40. The van der Waals surface area contributed by atoms with Crippen molar-refractivity contribution in [3.8, 4) is 0 Å². The van der Waals surface area contributed by atoms with E-state index in [0.29, 0.717) is 11.1 Å². The molecular weight excluding hydrogens is 470 g/mol. The number of carbonyl (C=O) groups is 2. The fourth-order valence-electron chi connectivity index (χ4n) is 3.23. The number of esters is 2. The smallest absolute Gasteiger partial charge is 0.455 e. The second-order valence-corrected chi connectivity index (χ2v) is 9.04. The second-order valence-electron chi connectivity index (χ2n) is 7.42. The van der Waals surface area contributed by atoms with Gasteiger partial charge in [0, 0.05) is 13.8 Å². The standard InChI is InChI=1S/C23H26FO9P/c1-16(25)30-21-20(13-24)32-23(22(21)31-17(2)26)33-34(27,28-14-18-9-5-3-6-10-18)29-15-19-11-7-4-8-12-19/h3-12,20-23H,13-15H2,1-2H3/t20-,21-,22+,23-/m1/s1. The number of hydrogen-bond acceptors (Lipinski definition) is 9. The van der Waals surface area contributed by atoms with E-state index in [1.54, 1.807) is 48.5 Å². The lowest BCUT2D eigenvalue weighted by atomic mass is 10.1. The summed E-state index contributed by atoms with van der Waals surface area (Å²) in [5, 5.41) is 0. The van der Waals surface area contributed by atoms with Crippen molar-refractivity contribution in [2.24, 2.45) is 0 Å². The minimum Gasteiger partial charge on any atom is -0.455 e. The zero-order chi connectivity index (χ0) is 24.6. The first-order valence-electron chi connectivity index (χ1n) is 10.5. The highest BCUT2D eigenvalue weighted by atomic mass is 31.2. The Morgan fingerprint density at radius 3 is 1.76 bits per heavy atom. The molecule has 9 nitrogen and oxygen atoms in total. The first-order chi connectivity index (χ1) is 16.3. The van der Waals surface area contributed by atoms with E-state index in [1.807, 2.05) is 12.1 Å². The summed E-state index contributed by atoms with van der Waals surface area (Å²) < 4.78 is 59.5. The van der Waals surface area contributed by atoms with Crippen LogP contribution in [0, 0.1) is 0 Å². The minimum absolute atomic E-state index is 0.127. The van der Waals surface area contributed by atoms with Gasteiger partial charge in [0.2, 0.25) is 6.29 Å². The molecule has 4 atom stereocenters. The van der Waals surface area contributed by atoms with Gasteiger partial charge >= 0.3 is 19.8 Å². The molecule has 2 aromatic carbocycles. The van der Waals surface area contributed by atoms with Gasteiger partial charge in [-0.25, -0.2) is 8.96 Å². The molecule has 1 aliphatic heterocycles. The van der Waals surface area contributed by atoms with E-state index in [2.05, 4.69) is 0 Å².